The lowest BCUT2D eigenvalue weighted by Gasteiger charge is -2.02. The standard InChI is InChI=1S/C11H9ClN4S2/c1-6-5-7-8(17-6)14-10(12)15-9(7)18-11-13-3-4-16(11)2/h3-5H,1-2H3. The van der Waals surface area contributed by atoms with E-state index in [-0.39, 0.29) is 5.28 Å². The Morgan fingerprint density at radius 2 is 2.22 bits per heavy atom. The van der Waals surface area contributed by atoms with Gasteiger partial charge in [0, 0.05) is 29.7 Å². The van der Waals surface area contributed by atoms with Gasteiger partial charge in [-0.3, -0.25) is 0 Å². The monoisotopic (exact) mass is 296 g/mol. The molecule has 0 saturated heterocycles. The highest BCUT2D eigenvalue weighted by molar-refractivity contribution is 7.99. The van der Waals surface area contributed by atoms with Gasteiger partial charge < -0.3 is 4.57 Å². The second-order valence-electron chi connectivity index (χ2n) is 3.80. The van der Waals surface area contributed by atoms with Crippen LogP contribution in [0.1, 0.15) is 4.88 Å². The Balaban J connectivity index is 2.13. The Hall–Kier alpha value is -1.11. The highest BCUT2D eigenvalue weighted by Crippen LogP contribution is 2.34. The molecule has 0 spiro atoms. The van der Waals surface area contributed by atoms with E-state index in [0.717, 1.165) is 20.4 Å². The van der Waals surface area contributed by atoms with Crippen LogP contribution in [0.4, 0.5) is 0 Å². The van der Waals surface area contributed by atoms with E-state index < -0.39 is 0 Å². The van der Waals surface area contributed by atoms with Gasteiger partial charge in [-0.15, -0.1) is 11.3 Å². The van der Waals surface area contributed by atoms with Gasteiger partial charge in [-0.2, -0.15) is 0 Å². The van der Waals surface area contributed by atoms with E-state index in [1.165, 1.54) is 16.6 Å². The fourth-order valence-electron chi connectivity index (χ4n) is 1.61. The first kappa shape index (κ1) is 12.0. The lowest BCUT2D eigenvalue weighted by molar-refractivity contribution is 0.789. The first-order chi connectivity index (χ1) is 8.63. The molecule has 0 aromatic carbocycles. The quantitative estimate of drug-likeness (QED) is 0.536. The third-order valence-corrected chi connectivity index (χ3v) is 4.61. The molecule has 18 heavy (non-hydrogen) atoms. The minimum absolute atomic E-state index is 0.279. The van der Waals surface area contributed by atoms with Crippen LogP contribution >= 0.6 is 34.7 Å². The summed E-state index contributed by atoms with van der Waals surface area (Å²) >= 11 is 9.08. The largest absolute Gasteiger partial charge is 0.329 e. The minimum atomic E-state index is 0.279. The fourth-order valence-corrected chi connectivity index (χ4v) is 3.71. The SMILES string of the molecule is Cc1cc2c(Sc3nccn3C)nc(Cl)nc2s1. The molecule has 4 nitrogen and oxygen atoms in total. The molecule has 3 aromatic rings. The Morgan fingerprint density at radius 1 is 1.39 bits per heavy atom. The van der Waals surface area contributed by atoms with E-state index in [0.29, 0.717) is 0 Å². The second-order valence-corrected chi connectivity index (χ2v) is 6.33. The number of aromatic nitrogens is 4. The Bertz CT molecular complexity index is 719. The van der Waals surface area contributed by atoms with E-state index in [2.05, 4.69) is 27.9 Å². The summed E-state index contributed by atoms with van der Waals surface area (Å²) < 4.78 is 1.95. The average Bonchev–Trinajstić information content (AvgIpc) is 2.85. The van der Waals surface area contributed by atoms with Crippen LogP contribution in [-0.2, 0) is 7.05 Å². The zero-order valence-corrected chi connectivity index (χ0v) is 12.1. The maximum absolute atomic E-state index is 5.96. The molecule has 0 atom stereocenters. The topological polar surface area (TPSA) is 43.6 Å². The molecule has 0 aliphatic rings. The summed E-state index contributed by atoms with van der Waals surface area (Å²) in [5.74, 6) is 0. The van der Waals surface area contributed by atoms with Crippen molar-refractivity contribution in [3.63, 3.8) is 0 Å². The van der Waals surface area contributed by atoms with E-state index in [4.69, 9.17) is 11.6 Å². The van der Waals surface area contributed by atoms with Crippen LogP contribution < -0.4 is 0 Å². The molecule has 0 bridgehead atoms. The van der Waals surface area contributed by atoms with Gasteiger partial charge in [-0.25, -0.2) is 15.0 Å². The lowest BCUT2D eigenvalue weighted by atomic mass is 10.4. The normalized spacial score (nSPS) is 11.3. The van der Waals surface area contributed by atoms with E-state index in [9.17, 15) is 0 Å². The van der Waals surface area contributed by atoms with Gasteiger partial charge in [0.15, 0.2) is 5.16 Å². The zero-order chi connectivity index (χ0) is 12.7. The predicted octanol–water partition coefficient (Wildman–Crippen LogP) is 3.54. The molecule has 92 valence electrons. The molecule has 0 N–H and O–H groups in total. The number of hydrogen-bond acceptors (Lipinski definition) is 5. The third kappa shape index (κ3) is 2.11. The van der Waals surface area contributed by atoms with Crippen molar-refractivity contribution >= 4 is 44.9 Å². The van der Waals surface area contributed by atoms with Crippen LogP contribution in [-0.4, -0.2) is 19.5 Å². The third-order valence-electron chi connectivity index (χ3n) is 2.42. The van der Waals surface area contributed by atoms with Crippen LogP contribution in [0.3, 0.4) is 0 Å². The summed E-state index contributed by atoms with van der Waals surface area (Å²) in [6.45, 7) is 2.05. The van der Waals surface area contributed by atoms with E-state index in [1.54, 1.807) is 17.5 Å². The van der Waals surface area contributed by atoms with Gasteiger partial charge in [0.2, 0.25) is 5.28 Å². The maximum Gasteiger partial charge on any atom is 0.224 e. The first-order valence-corrected chi connectivity index (χ1v) is 7.23. The molecule has 0 fully saturated rings. The molecule has 0 aliphatic heterocycles. The molecule has 0 saturated carbocycles. The number of thiophene rings is 1. The summed E-state index contributed by atoms with van der Waals surface area (Å²) in [4.78, 5) is 14.9. The van der Waals surface area contributed by atoms with E-state index >= 15 is 0 Å². The Kier molecular flexibility index (Phi) is 3.01. The number of nitrogens with zero attached hydrogens (tertiary/aromatic N) is 4. The number of imidazole rings is 1. The summed E-state index contributed by atoms with van der Waals surface area (Å²) in [5, 5.41) is 3.05. The summed E-state index contributed by atoms with van der Waals surface area (Å²) in [7, 11) is 1.95. The number of fused-ring (bicyclic) bond motifs is 1. The summed E-state index contributed by atoms with van der Waals surface area (Å²) in [6.07, 6.45) is 3.67. The van der Waals surface area contributed by atoms with Crippen molar-refractivity contribution < 1.29 is 0 Å². The van der Waals surface area contributed by atoms with Crippen molar-refractivity contribution in [3.8, 4) is 0 Å². The zero-order valence-electron chi connectivity index (χ0n) is 9.72. The molecule has 3 aromatic heterocycles. The van der Waals surface area contributed by atoms with Crippen LogP contribution in [0.2, 0.25) is 5.28 Å². The molecular weight excluding hydrogens is 288 g/mol. The van der Waals surface area contributed by atoms with Gasteiger partial charge in [-0.05, 0) is 36.4 Å². The Morgan fingerprint density at radius 3 is 2.94 bits per heavy atom. The first-order valence-electron chi connectivity index (χ1n) is 5.22. The van der Waals surface area contributed by atoms with Crippen LogP contribution in [0.15, 0.2) is 28.6 Å². The number of rotatable bonds is 2. The van der Waals surface area contributed by atoms with Crippen molar-refractivity contribution in [2.45, 2.75) is 17.1 Å². The van der Waals surface area contributed by atoms with Gasteiger partial charge in [0.05, 0.1) is 0 Å². The number of halogens is 1. The van der Waals surface area contributed by atoms with Gasteiger partial charge in [-0.1, -0.05) is 0 Å². The molecule has 0 radical (unpaired) electrons. The van der Waals surface area contributed by atoms with Crippen LogP contribution in [0, 0.1) is 6.92 Å². The average molecular weight is 297 g/mol. The molecule has 0 amide bonds. The molecule has 7 heteroatoms. The molecule has 3 rings (SSSR count). The number of hydrogen-bond donors (Lipinski definition) is 0. The highest BCUT2D eigenvalue weighted by Gasteiger charge is 2.12. The van der Waals surface area contributed by atoms with Gasteiger partial charge >= 0.3 is 0 Å². The van der Waals surface area contributed by atoms with Gasteiger partial charge in [0.25, 0.3) is 0 Å². The van der Waals surface area contributed by atoms with Crippen molar-refractivity contribution in [1.29, 1.82) is 0 Å². The maximum atomic E-state index is 5.96. The lowest BCUT2D eigenvalue weighted by Crippen LogP contribution is -1.91. The Labute approximate surface area is 117 Å². The van der Waals surface area contributed by atoms with Crippen LogP contribution in [0.5, 0.6) is 0 Å². The molecule has 0 unspecified atom stereocenters. The minimum Gasteiger partial charge on any atom is -0.329 e. The highest BCUT2D eigenvalue weighted by atomic mass is 35.5. The molecular formula is C11H9ClN4S2. The molecule has 3 heterocycles. The van der Waals surface area contributed by atoms with Crippen LogP contribution in [0.25, 0.3) is 10.2 Å². The van der Waals surface area contributed by atoms with E-state index in [1.807, 2.05) is 17.8 Å². The predicted molar refractivity (Wildman–Crippen MR) is 74.5 cm³/mol. The number of aryl methyl sites for hydroxylation is 2. The smallest absolute Gasteiger partial charge is 0.224 e. The van der Waals surface area contributed by atoms with Crippen molar-refractivity contribution in [2.24, 2.45) is 7.05 Å². The van der Waals surface area contributed by atoms with Gasteiger partial charge in [0.1, 0.15) is 9.86 Å². The van der Waals surface area contributed by atoms with Crippen molar-refractivity contribution in [1.82, 2.24) is 19.5 Å². The second kappa shape index (κ2) is 4.53. The van der Waals surface area contributed by atoms with Crippen molar-refractivity contribution in [3.05, 3.63) is 28.6 Å². The fraction of sp³-hybridized carbons (Fsp3) is 0.182. The molecule has 0 aliphatic carbocycles. The summed E-state index contributed by atoms with van der Waals surface area (Å²) in [5.41, 5.74) is 0. The van der Waals surface area contributed by atoms with Crippen molar-refractivity contribution in [2.75, 3.05) is 0 Å². The summed E-state index contributed by atoms with van der Waals surface area (Å²) in [6, 6.07) is 2.08.